The number of sulfonamides is 1. The molecule has 1 heterocycles. The lowest BCUT2D eigenvalue weighted by atomic mass is 10.2. The maximum absolute atomic E-state index is 12.0. The molecule has 8 heteroatoms. The van der Waals surface area contributed by atoms with Gasteiger partial charge in [0.15, 0.2) is 0 Å². The Balaban J connectivity index is 0.00000220. The van der Waals surface area contributed by atoms with Crippen LogP contribution in [0.4, 0.5) is 5.69 Å². The molecule has 1 atom stereocenters. The average Bonchev–Trinajstić information content (AvgIpc) is 2.95. The summed E-state index contributed by atoms with van der Waals surface area (Å²) in [5, 5.41) is 5.86. The van der Waals surface area contributed by atoms with Gasteiger partial charge in [0.1, 0.15) is 0 Å². The number of amides is 1. The van der Waals surface area contributed by atoms with E-state index >= 15 is 0 Å². The van der Waals surface area contributed by atoms with E-state index in [1.165, 1.54) is 13.1 Å². The third-order valence-electron chi connectivity index (χ3n) is 3.39. The van der Waals surface area contributed by atoms with Crippen LogP contribution >= 0.6 is 12.4 Å². The summed E-state index contributed by atoms with van der Waals surface area (Å²) >= 11 is 0. The van der Waals surface area contributed by atoms with Crippen LogP contribution in [-0.2, 0) is 14.8 Å². The SMILES string of the molecule is CNS(=O)(=O)c1cc(NC(=O)C2CCCN2)ccc1C.Cl. The van der Waals surface area contributed by atoms with Crippen molar-refractivity contribution in [2.45, 2.75) is 30.7 Å². The average molecular weight is 334 g/mol. The van der Waals surface area contributed by atoms with Gasteiger partial charge in [0.25, 0.3) is 0 Å². The van der Waals surface area contributed by atoms with Gasteiger partial charge in [-0.3, -0.25) is 4.79 Å². The van der Waals surface area contributed by atoms with Crippen molar-refractivity contribution >= 4 is 34.0 Å². The molecule has 0 aromatic heterocycles. The Morgan fingerprint density at radius 2 is 2.10 bits per heavy atom. The largest absolute Gasteiger partial charge is 0.325 e. The molecule has 6 nitrogen and oxygen atoms in total. The van der Waals surface area contributed by atoms with E-state index in [0.717, 1.165) is 19.4 Å². The summed E-state index contributed by atoms with van der Waals surface area (Å²) in [6, 6.07) is 4.67. The highest BCUT2D eigenvalue weighted by Crippen LogP contribution is 2.20. The fourth-order valence-electron chi connectivity index (χ4n) is 2.22. The second kappa shape index (κ2) is 7.22. The minimum absolute atomic E-state index is 0. The molecule has 1 aromatic rings. The number of hydrogen-bond donors (Lipinski definition) is 3. The summed E-state index contributed by atoms with van der Waals surface area (Å²) in [6.07, 6.45) is 1.78. The van der Waals surface area contributed by atoms with Crippen molar-refractivity contribution in [2.75, 3.05) is 18.9 Å². The molecule has 1 amide bonds. The monoisotopic (exact) mass is 333 g/mol. The molecular formula is C13H20ClN3O3S. The number of hydrogen-bond acceptors (Lipinski definition) is 4. The predicted octanol–water partition coefficient (Wildman–Crippen LogP) is 1.02. The van der Waals surface area contributed by atoms with Gasteiger partial charge in [-0.1, -0.05) is 6.07 Å². The Bertz CT molecular complexity index is 613. The van der Waals surface area contributed by atoms with E-state index in [9.17, 15) is 13.2 Å². The first-order chi connectivity index (χ1) is 9.44. The standard InChI is InChI=1S/C13H19N3O3S.ClH/c1-9-5-6-10(8-12(9)20(18,19)14-2)16-13(17)11-4-3-7-15-11;/h5-6,8,11,14-15H,3-4,7H2,1-2H3,(H,16,17);1H. The zero-order valence-corrected chi connectivity index (χ0v) is 13.6. The van der Waals surface area contributed by atoms with Gasteiger partial charge in [-0.25, -0.2) is 13.1 Å². The smallest absolute Gasteiger partial charge is 0.241 e. The van der Waals surface area contributed by atoms with Crippen LogP contribution in [0.15, 0.2) is 23.1 Å². The van der Waals surface area contributed by atoms with Gasteiger partial charge < -0.3 is 10.6 Å². The van der Waals surface area contributed by atoms with E-state index in [1.54, 1.807) is 19.1 Å². The van der Waals surface area contributed by atoms with Crippen LogP contribution in [0.1, 0.15) is 18.4 Å². The van der Waals surface area contributed by atoms with E-state index in [4.69, 9.17) is 0 Å². The number of aryl methyl sites for hydroxylation is 1. The van der Waals surface area contributed by atoms with Gasteiger partial charge in [-0.2, -0.15) is 0 Å². The Hall–Kier alpha value is -1.15. The molecular weight excluding hydrogens is 314 g/mol. The van der Waals surface area contributed by atoms with Crippen molar-refractivity contribution in [1.29, 1.82) is 0 Å². The zero-order chi connectivity index (χ0) is 14.8. The van der Waals surface area contributed by atoms with E-state index in [2.05, 4.69) is 15.4 Å². The van der Waals surface area contributed by atoms with E-state index < -0.39 is 10.0 Å². The van der Waals surface area contributed by atoms with Crippen molar-refractivity contribution in [3.05, 3.63) is 23.8 Å². The van der Waals surface area contributed by atoms with Gasteiger partial charge in [0.2, 0.25) is 15.9 Å². The molecule has 1 aromatic carbocycles. The molecule has 1 aliphatic heterocycles. The Kier molecular flexibility index (Phi) is 6.15. The lowest BCUT2D eigenvalue weighted by Gasteiger charge is -2.13. The molecule has 0 bridgehead atoms. The Labute approximate surface area is 131 Å². The second-order valence-electron chi connectivity index (χ2n) is 4.83. The third kappa shape index (κ3) is 4.16. The van der Waals surface area contributed by atoms with Crippen molar-refractivity contribution in [2.24, 2.45) is 0 Å². The van der Waals surface area contributed by atoms with Gasteiger partial charge in [0.05, 0.1) is 10.9 Å². The summed E-state index contributed by atoms with van der Waals surface area (Å²) in [6.45, 7) is 2.56. The van der Waals surface area contributed by atoms with Gasteiger partial charge in [-0.05, 0) is 51.1 Å². The summed E-state index contributed by atoms with van der Waals surface area (Å²) in [5.74, 6) is -0.126. The highest BCUT2D eigenvalue weighted by atomic mass is 35.5. The molecule has 0 aliphatic carbocycles. The van der Waals surface area contributed by atoms with E-state index in [-0.39, 0.29) is 29.3 Å². The topological polar surface area (TPSA) is 87.3 Å². The molecule has 1 unspecified atom stereocenters. The molecule has 1 saturated heterocycles. The number of anilines is 1. The molecule has 2 rings (SSSR count). The molecule has 21 heavy (non-hydrogen) atoms. The molecule has 1 fully saturated rings. The normalized spacial score (nSPS) is 18.1. The van der Waals surface area contributed by atoms with Crippen molar-refractivity contribution in [1.82, 2.24) is 10.0 Å². The molecule has 3 N–H and O–H groups in total. The van der Waals surface area contributed by atoms with Gasteiger partial charge in [0, 0.05) is 5.69 Å². The van der Waals surface area contributed by atoms with Gasteiger partial charge >= 0.3 is 0 Å². The third-order valence-corrected chi connectivity index (χ3v) is 4.95. The lowest BCUT2D eigenvalue weighted by molar-refractivity contribution is -0.117. The maximum Gasteiger partial charge on any atom is 0.241 e. The molecule has 118 valence electrons. The number of benzene rings is 1. The zero-order valence-electron chi connectivity index (χ0n) is 12.0. The fraction of sp³-hybridized carbons (Fsp3) is 0.462. The van der Waals surface area contributed by atoms with Gasteiger partial charge in [-0.15, -0.1) is 12.4 Å². The number of nitrogens with one attached hydrogen (secondary N) is 3. The summed E-state index contributed by atoms with van der Waals surface area (Å²) < 4.78 is 26.0. The van der Waals surface area contributed by atoms with E-state index in [1.807, 2.05) is 0 Å². The summed E-state index contributed by atoms with van der Waals surface area (Å²) in [4.78, 5) is 12.2. The van der Waals surface area contributed by atoms with Crippen molar-refractivity contribution < 1.29 is 13.2 Å². The summed E-state index contributed by atoms with van der Waals surface area (Å²) in [7, 11) is -2.16. The highest BCUT2D eigenvalue weighted by molar-refractivity contribution is 7.89. The van der Waals surface area contributed by atoms with Crippen LogP contribution in [0.3, 0.4) is 0 Å². The molecule has 0 saturated carbocycles. The first-order valence-electron chi connectivity index (χ1n) is 6.52. The molecule has 0 spiro atoms. The molecule has 1 aliphatic rings. The number of carbonyl (C=O) groups excluding carboxylic acids is 1. The number of carbonyl (C=O) groups is 1. The maximum atomic E-state index is 12.0. The van der Waals surface area contributed by atoms with Crippen LogP contribution in [0.5, 0.6) is 0 Å². The Morgan fingerprint density at radius 1 is 1.38 bits per heavy atom. The second-order valence-corrected chi connectivity index (χ2v) is 6.68. The lowest BCUT2D eigenvalue weighted by Crippen LogP contribution is -2.35. The van der Waals surface area contributed by atoms with Crippen molar-refractivity contribution in [3.63, 3.8) is 0 Å². The first-order valence-corrected chi connectivity index (χ1v) is 8.01. The van der Waals surface area contributed by atoms with Crippen LogP contribution in [0, 0.1) is 6.92 Å². The minimum atomic E-state index is -3.52. The predicted molar refractivity (Wildman–Crippen MR) is 84.3 cm³/mol. The highest BCUT2D eigenvalue weighted by Gasteiger charge is 2.22. The first kappa shape index (κ1) is 17.9. The van der Waals surface area contributed by atoms with Crippen molar-refractivity contribution in [3.8, 4) is 0 Å². The van der Waals surface area contributed by atoms with E-state index in [0.29, 0.717) is 11.3 Å². The van der Waals surface area contributed by atoms with Crippen LogP contribution in [0.25, 0.3) is 0 Å². The van der Waals surface area contributed by atoms with Crippen LogP contribution in [0.2, 0.25) is 0 Å². The Morgan fingerprint density at radius 3 is 2.67 bits per heavy atom. The van der Waals surface area contributed by atoms with Crippen LogP contribution in [-0.4, -0.2) is 34.0 Å². The fourth-order valence-corrected chi connectivity index (χ4v) is 3.21. The number of rotatable bonds is 4. The summed E-state index contributed by atoms with van der Waals surface area (Å²) in [5.41, 5.74) is 1.12. The molecule has 0 radical (unpaired) electrons. The number of halogens is 1. The minimum Gasteiger partial charge on any atom is -0.325 e. The quantitative estimate of drug-likeness (QED) is 0.767. The van der Waals surface area contributed by atoms with Crippen LogP contribution < -0.4 is 15.4 Å².